The molecule has 34 heavy (non-hydrogen) atoms. The number of hydrogen-bond donors (Lipinski definition) is 1. The number of methoxy groups -OCH3 is 1. The van der Waals surface area contributed by atoms with Gasteiger partial charge in [-0.3, -0.25) is 4.79 Å². The summed E-state index contributed by atoms with van der Waals surface area (Å²) in [5.74, 6) is -0.503. The smallest absolute Gasteiger partial charge is 0.337 e. The summed E-state index contributed by atoms with van der Waals surface area (Å²) in [6, 6.07) is 12.5. The highest BCUT2D eigenvalue weighted by Crippen LogP contribution is 2.25. The van der Waals surface area contributed by atoms with Crippen LogP contribution in [0.4, 0.5) is 5.69 Å². The van der Waals surface area contributed by atoms with Crippen molar-refractivity contribution < 1.29 is 27.2 Å². The van der Waals surface area contributed by atoms with Crippen LogP contribution in [0.1, 0.15) is 24.2 Å². The van der Waals surface area contributed by atoms with Crippen molar-refractivity contribution in [1.82, 2.24) is 14.5 Å². The van der Waals surface area contributed by atoms with Crippen molar-refractivity contribution in [3.63, 3.8) is 0 Å². The maximum Gasteiger partial charge on any atom is 0.337 e. The van der Waals surface area contributed by atoms with Gasteiger partial charge in [0.15, 0.2) is 0 Å². The molecule has 1 aromatic heterocycles. The summed E-state index contributed by atoms with van der Waals surface area (Å²) in [6.45, 7) is 4.34. The largest absolute Gasteiger partial charge is 0.465 e. The summed E-state index contributed by atoms with van der Waals surface area (Å²) < 4.78 is 36.8. The van der Waals surface area contributed by atoms with Crippen molar-refractivity contribution in [3.05, 3.63) is 54.1 Å². The molecule has 0 fully saturated rings. The van der Waals surface area contributed by atoms with Gasteiger partial charge in [0.2, 0.25) is 21.8 Å². The van der Waals surface area contributed by atoms with Crippen LogP contribution in [-0.4, -0.2) is 60.7 Å². The number of carbonyl (C=O) groups is 2. The second-order valence-corrected chi connectivity index (χ2v) is 9.76. The van der Waals surface area contributed by atoms with E-state index in [2.05, 4.69) is 20.3 Å². The Morgan fingerprint density at radius 2 is 1.68 bits per heavy atom. The summed E-state index contributed by atoms with van der Waals surface area (Å²) in [4.78, 5) is 23.8. The zero-order chi connectivity index (χ0) is 24.7. The first-order valence-electron chi connectivity index (χ1n) is 10.3. The Labute approximate surface area is 201 Å². The Hall–Kier alpha value is -3.22. The SMILES string of the molecule is CCN(CC)S(=O)(=O)c1ccc(-c2nnc(SCC(=O)Nc3ccc(C(=O)OC)cc3)o2)cc1. The quantitative estimate of drug-likeness (QED) is 0.326. The summed E-state index contributed by atoms with van der Waals surface area (Å²) in [5.41, 5.74) is 1.48. The van der Waals surface area contributed by atoms with Gasteiger partial charge in [-0.2, -0.15) is 4.31 Å². The molecule has 1 heterocycles. The van der Waals surface area contributed by atoms with Gasteiger partial charge in [0.1, 0.15) is 0 Å². The number of nitrogens with one attached hydrogen (secondary N) is 1. The number of sulfonamides is 1. The zero-order valence-corrected chi connectivity index (χ0v) is 20.5. The Bertz CT molecular complexity index is 1240. The van der Waals surface area contributed by atoms with Crippen molar-refractivity contribution in [1.29, 1.82) is 0 Å². The van der Waals surface area contributed by atoms with E-state index in [-0.39, 0.29) is 27.7 Å². The number of carbonyl (C=O) groups excluding carboxylic acids is 2. The van der Waals surface area contributed by atoms with Gasteiger partial charge in [0.25, 0.3) is 5.22 Å². The first-order chi connectivity index (χ1) is 16.3. The van der Waals surface area contributed by atoms with Crippen molar-refractivity contribution in [2.75, 3.05) is 31.3 Å². The van der Waals surface area contributed by atoms with Crippen molar-refractivity contribution >= 4 is 39.3 Å². The molecular formula is C22H24N4O6S2. The Balaban J connectivity index is 1.58. The number of rotatable bonds is 10. The average molecular weight is 505 g/mol. The highest BCUT2D eigenvalue weighted by atomic mass is 32.2. The lowest BCUT2D eigenvalue weighted by Crippen LogP contribution is -2.30. The Kier molecular flexibility index (Phi) is 8.42. The number of aromatic nitrogens is 2. The van der Waals surface area contributed by atoms with Gasteiger partial charge < -0.3 is 14.5 Å². The van der Waals surface area contributed by atoms with E-state index in [1.54, 1.807) is 50.2 Å². The molecule has 3 rings (SSSR count). The molecule has 1 N–H and O–H groups in total. The van der Waals surface area contributed by atoms with E-state index in [1.165, 1.54) is 23.5 Å². The third-order valence-electron chi connectivity index (χ3n) is 4.77. The third-order valence-corrected chi connectivity index (χ3v) is 7.65. The van der Waals surface area contributed by atoms with Crippen molar-refractivity contribution in [2.45, 2.75) is 24.0 Å². The fourth-order valence-corrected chi connectivity index (χ4v) is 5.02. The molecule has 180 valence electrons. The van der Waals surface area contributed by atoms with E-state index in [1.807, 2.05) is 0 Å². The molecule has 0 aliphatic rings. The van der Waals surface area contributed by atoms with Gasteiger partial charge in [-0.1, -0.05) is 25.6 Å². The van der Waals surface area contributed by atoms with Crippen molar-refractivity contribution in [3.8, 4) is 11.5 Å². The lowest BCUT2D eigenvalue weighted by atomic mass is 10.2. The van der Waals surface area contributed by atoms with E-state index in [9.17, 15) is 18.0 Å². The number of amides is 1. The normalized spacial score (nSPS) is 11.4. The molecule has 0 unspecified atom stereocenters. The predicted octanol–water partition coefficient (Wildman–Crippen LogP) is 3.28. The Morgan fingerprint density at radius 3 is 2.26 bits per heavy atom. The van der Waals surface area contributed by atoms with E-state index in [0.717, 1.165) is 11.8 Å². The first kappa shape index (κ1) is 25.4. The van der Waals surface area contributed by atoms with Crippen LogP contribution in [-0.2, 0) is 19.6 Å². The number of nitrogens with zero attached hydrogens (tertiary/aromatic N) is 3. The minimum atomic E-state index is -3.55. The number of esters is 1. The van der Waals surface area contributed by atoms with Gasteiger partial charge in [-0.15, -0.1) is 10.2 Å². The number of benzene rings is 2. The number of thioether (sulfide) groups is 1. The molecule has 0 atom stereocenters. The van der Waals surface area contributed by atoms with Gasteiger partial charge >= 0.3 is 5.97 Å². The van der Waals surface area contributed by atoms with Gasteiger partial charge in [0.05, 0.1) is 23.3 Å². The highest BCUT2D eigenvalue weighted by Gasteiger charge is 2.22. The van der Waals surface area contributed by atoms with Crippen LogP contribution in [0.15, 0.2) is 63.1 Å². The van der Waals surface area contributed by atoms with Crippen LogP contribution in [0.2, 0.25) is 0 Å². The standard InChI is InChI=1S/C22H24N4O6S2/c1-4-26(5-2)34(29,30)18-12-8-15(9-13-18)20-24-25-22(32-20)33-14-19(27)23-17-10-6-16(7-11-17)21(28)31-3/h6-13H,4-5,14H2,1-3H3,(H,23,27). The van der Waals surface area contributed by atoms with Crippen LogP contribution in [0, 0.1) is 0 Å². The third kappa shape index (κ3) is 6.01. The molecule has 3 aromatic rings. The summed E-state index contributed by atoms with van der Waals surface area (Å²) in [7, 11) is -2.26. The van der Waals surface area contributed by atoms with Crippen molar-refractivity contribution in [2.24, 2.45) is 0 Å². The molecule has 1 amide bonds. The molecule has 0 bridgehead atoms. The molecule has 0 aliphatic carbocycles. The molecule has 0 radical (unpaired) electrons. The number of ether oxygens (including phenoxy) is 1. The monoisotopic (exact) mass is 504 g/mol. The van der Waals surface area contributed by atoms with E-state index >= 15 is 0 Å². The van der Waals surface area contributed by atoms with Crippen LogP contribution in [0.5, 0.6) is 0 Å². The van der Waals surface area contributed by atoms with E-state index in [0.29, 0.717) is 29.9 Å². The second-order valence-electron chi connectivity index (χ2n) is 6.89. The lowest BCUT2D eigenvalue weighted by molar-refractivity contribution is -0.113. The summed E-state index contributed by atoms with van der Waals surface area (Å²) >= 11 is 1.06. The maximum absolute atomic E-state index is 12.6. The van der Waals surface area contributed by atoms with E-state index in [4.69, 9.17) is 4.42 Å². The topological polar surface area (TPSA) is 132 Å². The second kappa shape index (κ2) is 11.3. The molecule has 2 aromatic carbocycles. The Morgan fingerprint density at radius 1 is 1.03 bits per heavy atom. The molecule has 0 aliphatic heterocycles. The van der Waals surface area contributed by atoms with Gasteiger partial charge in [0, 0.05) is 24.3 Å². The fourth-order valence-electron chi connectivity index (χ4n) is 3.00. The van der Waals surface area contributed by atoms with Gasteiger partial charge in [-0.25, -0.2) is 13.2 Å². The highest BCUT2D eigenvalue weighted by molar-refractivity contribution is 7.99. The lowest BCUT2D eigenvalue weighted by Gasteiger charge is -2.18. The fraction of sp³-hybridized carbons (Fsp3) is 0.273. The zero-order valence-electron chi connectivity index (χ0n) is 18.8. The van der Waals surface area contributed by atoms with Crippen LogP contribution < -0.4 is 5.32 Å². The first-order valence-corrected chi connectivity index (χ1v) is 12.8. The summed E-state index contributed by atoms with van der Waals surface area (Å²) in [6.07, 6.45) is 0. The molecule has 10 nitrogen and oxygen atoms in total. The van der Waals surface area contributed by atoms with Crippen LogP contribution in [0.3, 0.4) is 0 Å². The molecule has 0 saturated carbocycles. The number of anilines is 1. The molecule has 0 spiro atoms. The van der Waals surface area contributed by atoms with Crippen LogP contribution >= 0.6 is 11.8 Å². The maximum atomic E-state index is 12.6. The molecule has 12 heteroatoms. The predicted molar refractivity (Wildman–Crippen MR) is 127 cm³/mol. The van der Waals surface area contributed by atoms with E-state index < -0.39 is 16.0 Å². The minimum absolute atomic E-state index is 0.0292. The minimum Gasteiger partial charge on any atom is -0.465 e. The van der Waals surface area contributed by atoms with Gasteiger partial charge in [-0.05, 0) is 48.5 Å². The number of hydrogen-bond acceptors (Lipinski definition) is 9. The van der Waals surface area contributed by atoms with Crippen LogP contribution in [0.25, 0.3) is 11.5 Å². The molecular weight excluding hydrogens is 480 g/mol. The molecule has 0 saturated heterocycles. The summed E-state index contributed by atoms with van der Waals surface area (Å²) in [5, 5.41) is 10.8. The average Bonchev–Trinajstić information content (AvgIpc) is 3.32.